The van der Waals surface area contributed by atoms with Crippen LogP contribution in [0.3, 0.4) is 0 Å². The van der Waals surface area contributed by atoms with Gasteiger partial charge in [0.1, 0.15) is 0 Å². The predicted molar refractivity (Wildman–Crippen MR) is 82.4 cm³/mol. The lowest BCUT2D eigenvalue weighted by atomic mass is 9.97. The fourth-order valence-corrected chi connectivity index (χ4v) is 2.15. The van der Waals surface area contributed by atoms with Gasteiger partial charge in [0.25, 0.3) is 0 Å². The molecule has 0 saturated carbocycles. The molecule has 6 heteroatoms. The molecular formula is C15H30N2O4. The first-order valence-electron chi connectivity index (χ1n) is 7.67. The Labute approximate surface area is 127 Å². The Morgan fingerprint density at radius 2 is 1.95 bits per heavy atom. The van der Waals surface area contributed by atoms with E-state index >= 15 is 0 Å². The molecule has 0 heterocycles. The highest BCUT2D eigenvalue weighted by Gasteiger charge is 2.16. The molecule has 21 heavy (non-hydrogen) atoms. The number of carboxylic acids is 1. The zero-order valence-electron chi connectivity index (χ0n) is 13.7. The summed E-state index contributed by atoms with van der Waals surface area (Å²) >= 11 is 0. The van der Waals surface area contributed by atoms with Crippen LogP contribution in [0.1, 0.15) is 46.5 Å². The van der Waals surface area contributed by atoms with Gasteiger partial charge in [0.05, 0.1) is 6.61 Å². The number of hydrogen-bond acceptors (Lipinski definition) is 3. The van der Waals surface area contributed by atoms with Gasteiger partial charge < -0.3 is 20.1 Å². The summed E-state index contributed by atoms with van der Waals surface area (Å²) in [6, 6.07) is 0.0317. The van der Waals surface area contributed by atoms with Crippen molar-refractivity contribution in [2.45, 2.75) is 52.5 Å². The van der Waals surface area contributed by atoms with Gasteiger partial charge in [-0.15, -0.1) is 0 Å². The number of carbonyl (C=O) groups excluding carboxylic acids is 1. The van der Waals surface area contributed by atoms with Crippen molar-refractivity contribution >= 4 is 12.0 Å². The molecule has 0 rings (SSSR count). The molecule has 124 valence electrons. The van der Waals surface area contributed by atoms with Crippen molar-refractivity contribution < 1.29 is 19.4 Å². The van der Waals surface area contributed by atoms with Crippen LogP contribution in [0.15, 0.2) is 0 Å². The topological polar surface area (TPSA) is 78.9 Å². The van der Waals surface area contributed by atoms with Gasteiger partial charge in [-0.3, -0.25) is 4.79 Å². The van der Waals surface area contributed by atoms with Gasteiger partial charge in [0.2, 0.25) is 0 Å². The summed E-state index contributed by atoms with van der Waals surface area (Å²) in [5, 5.41) is 11.6. The van der Waals surface area contributed by atoms with Gasteiger partial charge in [-0.25, -0.2) is 4.79 Å². The minimum absolute atomic E-state index is 0.0878. The molecule has 0 spiro atoms. The Hall–Kier alpha value is -1.30. The van der Waals surface area contributed by atoms with E-state index in [2.05, 4.69) is 5.32 Å². The van der Waals surface area contributed by atoms with Crippen LogP contribution in [0.2, 0.25) is 0 Å². The normalized spacial score (nSPS) is 12.2. The van der Waals surface area contributed by atoms with Crippen molar-refractivity contribution in [2.75, 3.05) is 26.8 Å². The molecule has 0 fully saturated rings. The van der Waals surface area contributed by atoms with E-state index in [0.717, 1.165) is 12.8 Å². The van der Waals surface area contributed by atoms with E-state index < -0.39 is 5.97 Å². The van der Waals surface area contributed by atoms with Gasteiger partial charge in [-0.1, -0.05) is 13.3 Å². The van der Waals surface area contributed by atoms with E-state index in [-0.39, 0.29) is 18.5 Å². The molecule has 0 bridgehead atoms. The van der Waals surface area contributed by atoms with E-state index in [9.17, 15) is 9.59 Å². The quantitative estimate of drug-likeness (QED) is 0.614. The average molecular weight is 302 g/mol. The molecule has 1 unspecified atom stereocenters. The second kappa shape index (κ2) is 11.4. The van der Waals surface area contributed by atoms with Crippen LogP contribution >= 0.6 is 0 Å². The number of rotatable bonds is 11. The maximum absolute atomic E-state index is 12.1. The molecule has 6 nitrogen and oxygen atoms in total. The first-order valence-corrected chi connectivity index (χ1v) is 7.67. The van der Waals surface area contributed by atoms with Gasteiger partial charge in [0.15, 0.2) is 0 Å². The van der Waals surface area contributed by atoms with Crippen LogP contribution in [-0.4, -0.2) is 54.9 Å². The minimum atomic E-state index is -0.761. The van der Waals surface area contributed by atoms with Gasteiger partial charge in [-0.05, 0) is 32.6 Å². The summed E-state index contributed by atoms with van der Waals surface area (Å²) < 4.78 is 5.01. The minimum Gasteiger partial charge on any atom is -0.481 e. The standard InChI is InChI=1S/C15H30N2O4/c1-5-13(6-7-14(18)19)8-9-16-15(20)17(12(2)3)10-11-21-4/h12-13H,5-11H2,1-4H3,(H,16,20)(H,18,19). The number of carboxylic acid groups (broad SMARTS) is 1. The second-order valence-corrected chi connectivity index (χ2v) is 5.51. The maximum Gasteiger partial charge on any atom is 0.317 e. The molecule has 2 N–H and O–H groups in total. The molecule has 0 saturated heterocycles. The SMILES string of the molecule is CCC(CCNC(=O)N(CCOC)C(C)C)CCC(=O)O. The van der Waals surface area contributed by atoms with E-state index in [1.807, 2.05) is 20.8 Å². The van der Waals surface area contributed by atoms with Crippen molar-refractivity contribution in [3.63, 3.8) is 0 Å². The van der Waals surface area contributed by atoms with Crippen LogP contribution in [0, 0.1) is 5.92 Å². The fourth-order valence-electron chi connectivity index (χ4n) is 2.15. The Bertz CT molecular complexity index is 308. The highest BCUT2D eigenvalue weighted by Crippen LogP contribution is 2.14. The molecule has 1 atom stereocenters. The number of nitrogens with one attached hydrogen (secondary N) is 1. The smallest absolute Gasteiger partial charge is 0.317 e. The van der Waals surface area contributed by atoms with Crippen molar-refractivity contribution in [3.05, 3.63) is 0 Å². The molecule has 0 aromatic heterocycles. The number of aliphatic carboxylic acids is 1. The fraction of sp³-hybridized carbons (Fsp3) is 0.867. The third-order valence-electron chi connectivity index (χ3n) is 3.59. The molecular weight excluding hydrogens is 272 g/mol. The number of nitrogens with zero attached hydrogens (tertiary/aromatic N) is 1. The zero-order chi connectivity index (χ0) is 16.3. The van der Waals surface area contributed by atoms with Crippen LogP contribution < -0.4 is 5.32 Å². The summed E-state index contributed by atoms with van der Waals surface area (Å²) in [6.07, 6.45) is 2.60. The van der Waals surface area contributed by atoms with Crippen LogP contribution in [0.5, 0.6) is 0 Å². The summed E-state index contributed by atoms with van der Waals surface area (Å²) in [6.45, 7) is 7.65. The number of hydrogen-bond donors (Lipinski definition) is 2. The Morgan fingerprint density at radius 1 is 1.29 bits per heavy atom. The predicted octanol–water partition coefficient (Wildman–Crippen LogP) is 2.33. The van der Waals surface area contributed by atoms with Gasteiger partial charge >= 0.3 is 12.0 Å². The monoisotopic (exact) mass is 302 g/mol. The van der Waals surface area contributed by atoms with E-state index in [1.54, 1.807) is 12.0 Å². The van der Waals surface area contributed by atoms with Gasteiger partial charge in [-0.2, -0.15) is 0 Å². The zero-order valence-corrected chi connectivity index (χ0v) is 13.7. The number of carbonyl (C=O) groups is 2. The lowest BCUT2D eigenvalue weighted by molar-refractivity contribution is -0.137. The Kier molecular flexibility index (Phi) is 10.7. The van der Waals surface area contributed by atoms with E-state index in [4.69, 9.17) is 9.84 Å². The summed E-state index contributed by atoms with van der Waals surface area (Å²) in [5.41, 5.74) is 0. The molecule has 0 aliphatic heterocycles. The van der Waals surface area contributed by atoms with Crippen LogP contribution in [0.25, 0.3) is 0 Å². The largest absolute Gasteiger partial charge is 0.481 e. The first-order chi connectivity index (χ1) is 9.92. The third kappa shape index (κ3) is 9.28. The number of amides is 2. The van der Waals surface area contributed by atoms with E-state index in [0.29, 0.717) is 32.0 Å². The first kappa shape index (κ1) is 19.7. The molecule has 0 aromatic rings. The second-order valence-electron chi connectivity index (χ2n) is 5.51. The Morgan fingerprint density at radius 3 is 2.43 bits per heavy atom. The summed E-state index contributed by atoms with van der Waals surface area (Å²) in [5.74, 6) is -0.420. The molecule has 0 radical (unpaired) electrons. The lowest BCUT2D eigenvalue weighted by Crippen LogP contribution is -2.45. The number of ether oxygens (including phenoxy) is 1. The Balaban J connectivity index is 4.10. The van der Waals surface area contributed by atoms with Gasteiger partial charge in [0, 0.05) is 32.7 Å². The summed E-state index contributed by atoms with van der Waals surface area (Å²) in [7, 11) is 1.62. The van der Waals surface area contributed by atoms with Crippen molar-refractivity contribution in [2.24, 2.45) is 5.92 Å². The number of methoxy groups -OCH3 is 1. The maximum atomic E-state index is 12.1. The lowest BCUT2D eigenvalue weighted by Gasteiger charge is -2.27. The van der Waals surface area contributed by atoms with Crippen molar-refractivity contribution in [1.29, 1.82) is 0 Å². The van der Waals surface area contributed by atoms with E-state index in [1.165, 1.54) is 0 Å². The average Bonchev–Trinajstić information content (AvgIpc) is 2.42. The van der Waals surface area contributed by atoms with Crippen molar-refractivity contribution in [1.82, 2.24) is 10.2 Å². The molecule has 0 aromatic carbocycles. The number of urea groups is 1. The molecule has 0 aliphatic carbocycles. The summed E-state index contributed by atoms with van der Waals surface area (Å²) in [4.78, 5) is 24.4. The van der Waals surface area contributed by atoms with Crippen LogP contribution in [0.4, 0.5) is 4.79 Å². The highest BCUT2D eigenvalue weighted by atomic mass is 16.5. The molecule has 0 aliphatic rings. The highest BCUT2D eigenvalue weighted by molar-refractivity contribution is 5.74. The van der Waals surface area contributed by atoms with Crippen LogP contribution in [-0.2, 0) is 9.53 Å². The third-order valence-corrected chi connectivity index (χ3v) is 3.59. The van der Waals surface area contributed by atoms with Crippen molar-refractivity contribution in [3.8, 4) is 0 Å². The molecule has 2 amide bonds.